The summed E-state index contributed by atoms with van der Waals surface area (Å²) >= 11 is 0. The van der Waals surface area contributed by atoms with Crippen LogP contribution in [0.5, 0.6) is 0 Å². The summed E-state index contributed by atoms with van der Waals surface area (Å²) in [5.74, 6) is -0.939. The zero-order chi connectivity index (χ0) is 16.6. The molecule has 0 bridgehead atoms. The van der Waals surface area contributed by atoms with Gasteiger partial charge in [0.1, 0.15) is 0 Å². The average Bonchev–Trinajstić information content (AvgIpc) is 2.84. The molecule has 3 rings (SSSR count). The summed E-state index contributed by atoms with van der Waals surface area (Å²) in [5.41, 5.74) is 3.49. The molecule has 0 amide bonds. The van der Waals surface area contributed by atoms with Crippen LogP contribution in [0.15, 0.2) is 29.2 Å². The number of aromatic amines is 1. The smallest absolute Gasteiger partial charge is 0.303 e. The molecule has 0 atom stereocenters. The van der Waals surface area contributed by atoms with Gasteiger partial charge >= 0.3 is 5.97 Å². The van der Waals surface area contributed by atoms with Crippen molar-refractivity contribution in [3.63, 3.8) is 0 Å². The second-order valence-corrected chi connectivity index (χ2v) is 5.36. The van der Waals surface area contributed by atoms with Gasteiger partial charge in [-0.15, -0.1) is 0 Å². The van der Waals surface area contributed by atoms with Gasteiger partial charge in [-0.05, 0) is 32.4 Å². The second-order valence-electron chi connectivity index (χ2n) is 5.36. The van der Waals surface area contributed by atoms with Crippen LogP contribution in [0.4, 0.5) is 0 Å². The molecule has 0 saturated heterocycles. The van der Waals surface area contributed by atoms with Gasteiger partial charge < -0.3 is 5.11 Å². The molecule has 118 valence electrons. The molecule has 0 aromatic carbocycles. The minimum Gasteiger partial charge on any atom is -0.481 e. The topological polar surface area (TPSA) is 100 Å². The van der Waals surface area contributed by atoms with Crippen molar-refractivity contribution in [1.29, 1.82) is 0 Å². The first-order valence-corrected chi connectivity index (χ1v) is 7.23. The Bertz CT molecular complexity index is 941. The maximum atomic E-state index is 12.6. The summed E-state index contributed by atoms with van der Waals surface area (Å²) in [6.45, 7) is 3.58. The Morgan fingerprint density at radius 2 is 2.13 bits per heavy atom. The monoisotopic (exact) mass is 312 g/mol. The third kappa shape index (κ3) is 2.61. The molecular weight excluding hydrogens is 296 g/mol. The van der Waals surface area contributed by atoms with E-state index in [1.165, 1.54) is 4.52 Å². The fourth-order valence-corrected chi connectivity index (χ4v) is 2.66. The highest BCUT2D eigenvalue weighted by atomic mass is 16.4. The van der Waals surface area contributed by atoms with E-state index in [-0.39, 0.29) is 18.4 Å². The van der Waals surface area contributed by atoms with Crippen molar-refractivity contribution in [2.24, 2.45) is 0 Å². The van der Waals surface area contributed by atoms with Gasteiger partial charge in [0.25, 0.3) is 5.56 Å². The SMILES string of the molecule is Cc1nc2c(-c3ccccn3)c(C)[nH]n2c(=O)c1CCC(=O)O. The van der Waals surface area contributed by atoms with Gasteiger partial charge in [0.05, 0.1) is 11.3 Å². The highest BCUT2D eigenvalue weighted by molar-refractivity contribution is 5.77. The Morgan fingerprint density at radius 1 is 1.35 bits per heavy atom. The number of fused-ring (bicyclic) bond motifs is 1. The predicted molar refractivity (Wildman–Crippen MR) is 84.5 cm³/mol. The van der Waals surface area contributed by atoms with E-state index in [0.717, 1.165) is 17.0 Å². The molecule has 3 aromatic heterocycles. The van der Waals surface area contributed by atoms with Crippen LogP contribution in [0.1, 0.15) is 23.4 Å². The molecule has 2 N–H and O–H groups in total. The van der Waals surface area contributed by atoms with E-state index in [1.807, 2.05) is 25.1 Å². The molecule has 0 unspecified atom stereocenters. The third-order valence-electron chi connectivity index (χ3n) is 3.77. The summed E-state index contributed by atoms with van der Waals surface area (Å²) in [4.78, 5) is 32.2. The fraction of sp³-hybridized carbons (Fsp3) is 0.250. The molecule has 0 aliphatic heterocycles. The first-order chi connectivity index (χ1) is 11.0. The lowest BCUT2D eigenvalue weighted by Gasteiger charge is -2.05. The van der Waals surface area contributed by atoms with Crippen LogP contribution in [0.25, 0.3) is 16.9 Å². The first kappa shape index (κ1) is 15.0. The van der Waals surface area contributed by atoms with Crippen molar-refractivity contribution in [2.45, 2.75) is 26.7 Å². The lowest BCUT2D eigenvalue weighted by molar-refractivity contribution is -0.136. The van der Waals surface area contributed by atoms with Gasteiger partial charge in [-0.3, -0.25) is 19.7 Å². The predicted octanol–water partition coefficient (Wildman–Crippen LogP) is 1.72. The quantitative estimate of drug-likeness (QED) is 0.764. The van der Waals surface area contributed by atoms with Crippen molar-refractivity contribution >= 4 is 11.6 Å². The molecule has 0 spiro atoms. The summed E-state index contributed by atoms with van der Waals surface area (Å²) in [6, 6.07) is 5.55. The molecule has 3 heterocycles. The molecule has 0 saturated carbocycles. The Kier molecular flexibility index (Phi) is 3.69. The second kappa shape index (κ2) is 5.68. The number of aryl methyl sites for hydroxylation is 2. The maximum Gasteiger partial charge on any atom is 0.303 e. The van der Waals surface area contributed by atoms with Gasteiger partial charge in [-0.2, -0.15) is 0 Å². The van der Waals surface area contributed by atoms with Crippen LogP contribution in [0.3, 0.4) is 0 Å². The number of nitrogens with one attached hydrogen (secondary N) is 1. The maximum absolute atomic E-state index is 12.6. The van der Waals surface area contributed by atoms with Crippen molar-refractivity contribution in [1.82, 2.24) is 19.6 Å². The Balaban J connectivity index is 2.22. The molecule has 0 radical (unpaired) electrons. The molecule has 7 nitrogen and oxygen atoms in total. The lowest BCUT2D eigenvalue weighted by atomic mass is 10.1. The fourth-order valence-electron chi connectivity index (χ4n) is 2.66. The normalized spacial score (nSPS) is 11.0. The van der Waals surface area contributed by atoms with Gasteiger partial charge in [0.15, 0.2) is 5.65 Å². The minimum atomic E-state index is -0.939. The Hall–Kier alpha value is -2.96. The molecule has 0 aliphatic rings. The Labute approximate surface area is 131 Å². The number of rotatable bonds is 4. The van der Waals surface area contributed by atoms with Crippen molar-refractivity contribution in [2.75, 3.05) is 0 Å². The highest BCUT2D eigenvalue weighted by Gasteiger charge is 2.18. The van der Waals surface area contributed by atoms with Crippen LogP contribution in [0.2, 0.25) is 0 Å². The summed E-state index contributed by atoms with van der Waals surface area (Å²) in [6.07, 6.45) is 1.74. The van der Waals surface area contributed by atoms with E-state index in [4.69, 9.17) is 5.11 Å². The van der Waals surface area contributed by atoms with Crippen molar-refractivity contribution in [3.05, 3.63) is 51.7 Å². The summed E-state index contributed by atoms with van der Waals surface area (Å²) < 4.78 is 1.36. The number of carboxylic acid groups (broad SMARTS) is 1. The van der Waals surface area contributed by atoms with Crippen LogP contribution >= 0.6 is 0 Å². The number of aromatic nitrogens is 4. The number of H-pyrrole nitrogens is 1. The molecule has 7 heteroatoms. The molecule has 0 fully saturated rings. The lowest BCUT2D eigenvalue weighted by Crippen LogP contribution is -2.22. The van der Waals surface area contributed by atoms with Gasteiger partial charge in [0.2, 0.25) is 0 Å². The average molecular weight is 312 g/mol. The van der Waals surface area contributed by atoms with E-state index in [1.54, 1.807) is 13.1 Å². The molecule has 3 aromatic rings. The molecular formula is C16H16N4O3. The van der Waals surface area contributed by atoms with Crippen molar-refractivity contribution in [3.8, 4) is 11.3 Å². The largest absolute Gasteiger partial charge is 0.481 e. The first-order valence-electron chi connectivity index (χ1n) is 7.23. The van der Waals surface area contributed by atoms with E-state index in [2.05, 4.69) is 15.1 Å². The number of aliphatic carboxylic acids is 1. The van der Waals surface area contributed by atoms with E-state index in [0.29, 0.717) is 16.9 Å². The van der Waals surface area contributed by atoms with E-state index in [9.17, 15) is 9.59 Å². The zero-order valence-corrected chi connectivity index (χ0v) is 12.8. The van der Waals surface area contributed by atoms with Crippen LogP contribution in [-0.2, 0) is 11.2 Å². The number of hydrogen-bond donors (Lipinski definition) is 2. The number of carbonyl (C=O) groups is 1. The number of hydrogen-bond acceptors (Lipinski definition) is 4. The molecule has 23 heavy (non-hydrogen) atoms. The summed E-state index contributed by atoms with van der Waals surface area (Å²) in [5, 5.41) is 11.8. The number of carboxylic acids is 1. The highest BCUT2D eigenvalue weighted by Crippen LogP contribution is 2.24. The Morgan fingerprint density at radius 3 is 2.78 bits per heavy atom. The minimum absolute atomic E-state index is 0.101. The number of pyridine rings is 1. The summed E-state index contributed by atoms with van der Waals surface area (Å²) in [7, 11) is 0. The van der Waals surface area contributed by atoms with E-state index < -0.39 is 5.97 Å². The number of nitrogens with zero attached hydrogens (tertiary/aromatic N) is 3. The van der Waals surface area contributed by atoms with Gasteiger partial charge in [0, 0.05) is 29.6 Å². The van der Waals surface area contributed by atoms with Crippen LogP contribution < -0.4 is 5.56 Å². The van der Waals surface area contributed by atoms with Gasteiger partial charge in [-0.1, -0.05) is 6.07 Å². The molecule has 0 aliphatic carbocycles. The van der Waals surface area contributed by atoms with E-state index >= 15 is 0 Å². The van der Waals surface area contributed by atoms with Crippen molar-refractivity contribution < 1.29 is 9.90 Å². The third-order valence-corrected chi connectivity index (χ3v) is 3.77. The zero-order valence-electron chi connectivity index (χ0n) is 12.8. The standard InChI is InChI=1S/C16H16N4O3/c1-9-11(6-7-13(21)22)16(23)20-15(18-9)14(10(2)19-20)12-5-3-4-8-17-12/h3-5,8,19H,6-7H2,1-2H3,(H,21,22). The van der Waals surface area contributed by atoms with Crippen LogP contribution in [-0.4, -0.2) is 30.7 Å². The van der Waals surface area contributed by atoms with Crippen LogP contribution in [0, 0.1) is 13.8 Å². The van der Waals surface area contributed by atoms with Gasteiger partial charge in [-0.25, -0.2) is 9.50 Å².